The first-order chi connectivity index (χ1) is 26.2. The topological polar surface area (TPSA) is 41.9 Å². The van der Waals surface area contributed by atoms with Gasteiger partial charge in [-0.05, 0) is 88.5 Å². The summed E-state index contributed by atoms with van der Waals surface area (Å²) in [6.45, 7) is 0. The Labute approximate surface area is 311 Å². The molecular weight excluding hydrogens is 685 g/mol. The molecule has 0 saturated carbocycles. The number of hydrogen-bond acceptors (Lipinski definition) is 6. The molecule has 1 aliphatic heterocycles. The van der Waals surface area contributed by atoms with Crippen molar-refractivity contribution in [3.63, 3.8) is 0 Å². The lowest BCUT2D eigenvalue weighted by molar-refractivity contribution is 1.02. The third kappa shape index (κ3) is 4.37. The van der Waals surface area contributed by atoms with Crippen molar-refractivity contribution >= 4 is 102 Å². The fraction of sp³-hybridized carbons (Fsp3) is 0. The maximum Gasteiger partial charge on any atom is 0.238 e. The zero-order valence-electron chi connectivity index (χ0n) is 28.1. The van der Waals surface area contributed by atoms with Gasteiger partial charge in [0, 0.05) is 62.4 Å². The van der Waals surface area contributed by atoms with Crippen LogP contribution in [0.1, 0.15) is 0 Å². The SMILES string of the molecule is c1ccc2cc3c(cc2c1)-c1cccc2cccc(c12)N3c1nc(-c2ccc3sc4ccccc4c3c2)nc(-c2ccc3sc4ccccc4c3c2)n1. The van der Waals surface area contributed by atoms with Crippen molar-refractivity contribution in [2.75, 3.05) is 4.90 Å². The van der Waals surface area contributed by atoms with Crippen molar-refractivity contribution in [3.8, 4) is 33.9 Å². The van der Waals surface area contributed by atoms with Gasteiger partial charge in [-0.25, -0.2) is 4.98 Å². The highest BCUT2D eigenvalue weighted by atomic mass is 32.1. The third-order valence-corrected chi connectivity index (χ3v) is 12.9. The van der Waals surface area contributed by atoms with E-state index in [2.05, 4.69) is 163 Å². The minimum atomic E-state index is 0.592. The minimum absolute atomic E-state index is 0.592. The lowest BCUT2D eigenvalue weighted by Gasteiger charge is -2.32. The van der Waals surface area contributed by atoms with Gasteiger partial charge in [0.05, 0.1) is 11.4 Å². The molecule has 53 heavy (non-hydrogen) atoms. The summed E-state index contributed by atoms with van der Waals surface area (Å²) in [5.41, 5.74) is 6.41. The molecule has 1 aliphatic rings. The smallest absolute Gasteiger partial charge is 0.238 e. The number of nitrogens with zero attached hydrogens (tertiary/aromatic N) is 4. The van der Waals surface area contributed by atoms with Gasteiger partial charge >= 0.3 is 0 Å². The van der Waals surface area contributed by atoms with Crippen molar-refractivity contribution in [1.82, 2.24) is 15.0 Å². The highest BCUT2D eigenvalue weighted by molar-refractivity contribution is 7.26. The van der Waals surface area contributed by atoms with Gasteiger partial charge in [0.2, 0.25) is 5.95 Å². The Morgan fingerprint density at radius 1 is 0.377 bits per heavy atom. The van der Waals surface area contributed by atoms with Crippen molar-refractivity contribution < 1.29 is 0 Å². The van der Waals surface area contributed by atoms with E-state index in [9.17, 15) is 0 Å². The summed E-state index contributed by atoms with van der Waals surface area (Å²) in [4.78, 5) is 18.3. The molecule has 0 atom stereocenters. The Kier molecular flexibility index (Phi) is 6.06. The Balaban J connectivity index is 1.15. The minimum Gasteiger partial charge on any atom is -0.278 e. The molecular formula is C47H26N4S2. The van der Waals surface area contributed by atoms with Crippen LogP contribution in [0.4, 0.5) is 17.3 Å². The summed E-state index contributed by atoms with van der Waals surface area (Å²) in [5, 5.41) is 9.67. The second kappa shape index (κ2) is 11.0. The zero-order chi connectivity index (χ0) is 34.6. The van der Waals surface area contributed by atoms with E-state index in [1.165, 1.54) is 67.5 Å². The predicted molar refractivity (Wildman–Crippen MR) is 225 cm³/mol. The van der Waals surface area contributed by atoms with E-state index in [4.69, 9.17) is 15.0 Å². The van der Waals surface area contributed by atoms with Gasteiger partial charge < -0.3 is 0 Å². The number of anilines is 3. The van der Waals surface area contributed by atoms with E-state index in [1.807, 2.05) is 22.7 Å². The number of thiophene rings is 2. The van der Waals surface area contributed by atoms with Crippen LogP contribution in [0.15, 0.2) is 158 Å². The Bertz CT molecular complexity index is 3180. The molecule has 12 rings (SSSR count). The molecule has 11 aromatic rings. The van der Waals surface area contributed by atoms with Crippen LogP contribution in [0.25, 0.3) is 95.8 Å². The van der Waals surface area contributed by atoms with Gasteiger partial charge in [-0.1, -0.05) is 91.0 Å². The number of hydrogen-bond donors (Lipinski definition) is 0. The maximum atomic E-state index is 5.37. The predicted octanol–water partition coefficient (Wildman–Crippen LogP) is 13.7. The third-order valence-electron chi connectivity index (χ3n) is 10.6. The molecule has 6 heteroatoms. The van der Waals surface area contributed by atoms with Crippen LogP contribution < -0.4 is 4.90 Å². The molecule has 0 N–H and O–H groups in total. The standard InChI is InChI=1S/C47H26N4S2/c1-2-10-29-26-39-35(23-28(29)9-1)34-15-7-11-27-12-8-16-38(44(27)34)51(39)47-49-45(30-19-21-42-36(24-30)32-13-3-5-17-40(32)52-42)48-46(50-47)31-20-22-43-37(25-31)33-14-4-6-18-41(33)53-43/h1-26H. The average molecular weight is 711 g/mol. The second-order valence-electron chi connectivity index (χ2n) is 13.6. The number of aromatic nitrogens is 3. The zero-order valence-corrected chi connectivity index (χ0v) is 29.7. The van der Waals surface area contributed by atoms with Crippen LogP contribution in [0.3, 0.4) is 0 Å². The van der Waals surface area contributed by atoms with Gasteiger partial charge in [-0.3, -0.25) is 4.90 Å². The fourth-order valence-electron chi connectivity index (χ4n) is 8.16. The van der Waals surface area contributed by atoms with E-state index < -0.39 is 0 Å². The average Bonchev–Trinajstić information content (AvgIpc) is 3.78. The normalized spacial score (nSPS) is 12.5. The molecule has 4 nitrogen and oxygen atoms in total. The van der Waals surface area contributed by atoms with E-state index in [1.54, 1.807) is 0 Å². The van der Waals surface area contributed by atoms with E-state index in [0.29, 0.717) is 17.6 Å². The van der Waals surface area contributed by atoms with Crippen LogP contribution in [-0.4, -0.2) is 15.0 Å². The molecule has 4 heterocycles. The molecule has 0 radical (unpaired) electrons. The summed E-state index contributed by atoms with van der Waals surface area (Å²) in [7, 11) is 0. The van der Waals surface area contributed by atoms with Gasteiger partial charge in [0.25, 0.3) is 0 Å². The quantitative estimate of drug-likeness (QED) is 0.183. The molecule has 0 spiro atoms. The second-order valence-corrected chi connectivity index (χ2v) is 15.8. The lowest BCUT2D eigenvalue weighted by atomic mass is 9.90. The van der Waals surface area contributed by atoms with E-state index in [0.717, 1.165) is 28.1 Å². The highest BCUT2D eigenvalue weighted by Crippen LogP contribution is 2.51. The Morgan fingerprint density at radius 2 is 0.925 bits per heavy atom. The fourth-order valence-corrected chi connectivity index (χ4v) is 10.3. The number of benzene rings is 8. The van der Waals surface area contributed by atoms with Gasteiger partial charge in [0.1, 0.15) is 0 Å². The molecule has 3 aromatic heterocycles. The molecule has 0 bridgehead atoms. The lowest BCUT2D eigenvalue weighted by Crippen LogP contribution is -2.18. The Morgan fingerprint density at radius 3 is 1.58 bits per heavy atom. The first-order valence-corrected chi connectivity index (χ1v) is 19.3. The molecule has 0 amide bonds. The van der Waals surface area contributed by atoms with Gasteiger partial charge in [-0.2, -0.15) is 9.97 Å². The summed E-state index contributed by atoms with van der Waals surface area (Å²) < 4.78 is 5.05. The Hall–Kier alpha value is -6.47. The molecule has 0 aliphatic carbocycles. The summed E-state index contributed by atoms with van der Waals surface area (Å²) in [6, 6.07) is 56.8. The highest BCUT2D eigenvalue weighted by Gasteiger charge is 2.29. The number of fused-ring (bicyclic) bond motifs is 9. The van der Waals surface area contributed by atoms with Crippen LogP contribution in [-0.2, 0) is 0 Å². The molecule has 0 fully saturated rings. The van der Waals surface area contributed by atoms with E-state index in [-0.39, 0.29) is 0 Å². The first-order valence-electron chi connectivity index (χ1n) is 17.7. The van der Waals surface area contributed by atoms with Crippen LogP contribution >= 0.6 is 22.7 Å². The monoisotopic (exact) mass is 710 g/mol. The summed E-state index contributed by atoms with van der Waals surface area (Å²) in [6.07, 6.45) is 0. The summed E-state index contributed by atoms with van der Waals surface area (Å²) in [5.74, 6) is 1.88. The maximum absolute atomic E-state index is 5.37. The van der Waals surface area contributed by atoms with Crippen LogP contribution in [0.2, 0.25) is 0 Å². The molecule has 0 saturated heterocycles. The van der Waals surface area contributed by atoms with Crippen molar-refractivity contribution in [2.24, 2.45) is 0 Å². The summed E-state index contributed by atoms with van der Waals surface area (Å²) >= 11 is 3.64. The van der Waals surface area contributed by atoms with Crippen molar-refractivity contribution in [3.05, 3.63) is 158 Å². The van der Waals surface area contributed by atoms with Crippen molar-refractivity contribution in [2.45, 2.75) is 0 Å². The molecule has 0 unspecified atom stereocenters. The van der Waals surface area contributed by atoms with Crippen LogP contribution in [0, 0.1) is 0 Å². The van der Waals surface area contributed by atoms with Crippen LogP contribution in [0.5, 0.6) is 0 Å². The van der Waals surface area contributed by atoms with E-state index >= 15 is 0 Å². The first kappa shape index (κ1) is 29.1. The van der Waals surface area contributed by atoms with Gasteiger partial charge in [0.15, 0.2) is 11.6 Å². The number of rotatable bonds is 3. The van der Waals surface area contributed by atoms with Crippen molar-refractivity contribution in [1.29, 1.82) is 0 Å². The molecule has 8 aromatic carbocycles. The largest absolute Gasteiger partial charge is 0.278 e. The molecule has 246 valence electrons. The van der Waals surface area contributed by atoms with Gasteiger partial charge in [-0.15, -0.1) is 22.7 Å².